The molecule has 0 spiro atoms. The number of hydrogen-bond donors (Lipinski definition) is 1. The maximum Gasteiger partial charge on any atom is 0.123 e. The molecule has 1 saturated heterocycles. The summed E-state index contributed by atoms with van der Waals surface area (Å²) in [5.41, 5.74) is 1.19. The average Bonchev–Trinajstić information content (AvgIpc) is 2.97. The summed E-state index contributed by atoms with van der Waals surface area (Å²) in [7, 11) is 0. The summed E-state index contributed by atoms with van der Waals surface area (Å²) in [6, 6.07) is 7.23. The van der Waals surface area contributed by atoms with Gasteiger partial charge in [0.15, 0.2) is 0 Å². The monoisotopic (exact) mass is 279 g/mol. The van der Waals surface area contributed by atoms with E-state index in [1.165, 1.54) is 18.4 Å². The topological polar surface area (TPSA) is 21.3 Å². The summed E-state index contributed by atoms with van der Waals surface area (Å²) in [4.78, 5) is 0. The summed E-state index contributed by atoms with van der Waals surface area (Å²) in [5.74, 6) is -0.164. The van der Waals surface area contributed by atoms with Crippen LogP contribution in [0.3, 0.4) is 0 Å². The lowest BCUT2D eigenvalue weighted by molar-refractivity contribution is 0.101. The smallest absolute Gasteiger partial charge is 0.123 e. The van der Waals surface area contributed by atoms with Crippen molar-refractivity contribution in [2.75, 3.05) is 13.2 Å². The fraction of sp³-hybridized carbons (Fsp3) is 0.647. The highest BCUT2D eigenvalue weighted by Crippen LogP contribution is 2.23. The van der Waals surface area contributed by atoms with Gasteiger partial charge in [0.2, 0.25) is 0 Å². The molecule has 1 heterocycles. The minimum atomic E-state index is -0.164. The Hall–Kier alpha value is -0.930. The third-order valence-electron chi connectivity index (χ3n) is 3.96. The van der Waals surface area contributed by atoms with Crippen molar-refractivity contribution in [1.82, 2.24) is 5.32 Å². The quantitative estimate of drug-likeness (QED) is 0.769. The zero-order chi connectivity index (χ0) is 14.2. The van der Waals surface area contributed by atoms with Crippen LogP contribution in [0, 0.1) is 5.82 Å². The molecule has 2 unspecified atom stereocenters. The number of benzene rings is 1. The SMILES string of the molecule is CCCNC(CCCC1CCCO1)c1ccc(F)cc1. The molecule has 0 amide bonds. The van der Waals surface area contributed by atoms with E-state index in [0.29, 0.717) is 12.1 Å². The van der Waals surface area contributed by atoms with Crippen molar-refractivity contribution in [3.05, 3.63) is 35.6 Å². The minimum Gasteiger partial charge on any atom is -0.378 e. The second-order valence-corrected chi connectivity index (χ2v) is 5.62. The molecule has 3 heteroatoms. The van der Waals surface area contributed by atoms with E-state index in [0.717, 1.165) is 38.8 Å². The van der Waals surface area contributed by atoms with E-state index in [1.54, 1.807) is 12.1 Å². The van der Waals surface area contributed by atoms with E-state index in [-0.39, 0.29) is 5.82 Å². The summed E-state index contributed by atoms with van der Waals surface area (Å²) >= 11 is 0. The highest BCUT2D eigenvalue weighted by molar-refractivity contribution is 5.19. The van der Waals surface area contributed by atoms with E-state index in [4.69, 9.17) is 4.74 Å². The van der Waals surface area contributed by atoms with Crippen molar-refractivity contribution in [3.63, 3.8) is 0 Å². The zero-order valence-electron chi connectivity index (χ0n) is 12.4. The van der Waals surface area contributed by atoms with Crippen molar-refractivity contribution in [3.8, 4) is 0 Å². The first-order valence-corrected chi connectivity index (χ1v) is 7.90. The summed E-state index contributed by atoms with van der Waals surface area (Å²) in [6.45, 7) is 4.10. The molecule has 0 bridgehead atoms. The first-order chi connectivity index (χ1) is 9.79. The highest BCUT2D eigenvalue weighted by Gasteiger charge is 2.16. The van der Waals surface area contributed by atoms with Gasteiger partial charge in [0.25, 0.3) is 0 Å². The Labute approximate surface area is 121 Å². The Balaban J connectivity index is 1.84. The maximum atomic E-state index is 13.0. The Bertz CT molecular complexity index is 373. The first-order valence-electron chi connectivity index (χ1n) is 7.90. The largest absolute Gasteiger partial charge is 0.378 e. The molecule has 0 aliphatic carbocycles. The zero-order valence-corrected chi connectivity index (χ0v) is 12.4. The van der Waals surface area contributed by atoms with Gasteiger partial charge in [-0.3, -0.25) is 0 Å². The van der Waals surface area contributed by atoms with Gasteiger partial charge in [-0.15, -0.1) is 0 Å². The Morgan fingerprint density at radius 2 is 2.15 bits per heavy atom. The van der Waals surface area contributed by atoms with Crippen LogP contribution < -0.4 is 5.32 Å². The predicted molar refractivity (Wildman–Crippen MR) is 80.3 cm³/mol. The fourth-order valence-corrected chi connectivity index (χ4v) is 2.82. The number of nitrogens with one attached hydrogen (secondary N) is 1. The molecule has 2 atom stereocenters. The van der Waals surface area contributed by atoms with Gasteiger partial charge in [-0.25, -0.2) is 4.39 Å². The molecule has 2 nitrogen and oxygen atoms in total. The molecule has 1 fully saturated rings. The molecular weight excluding hydrogens is 253 g/mol. The van der Waals surface area contributed by atoms with Crippen LogP contribution in [0.15, 0.2) is 24.3 Å². The predicted octanol–water partition coefficient (Wildman–Crippen LogP) is 4.22. The number of rotatable bonds is 8. The van der Waals surface area contributed by atoms with Crippen LogP contribution in [-0.2, 0) is 4.74 Å². The molecule has 1 aromatic rings. The van der Waals surface area contributed by atoms with Crippen LogP contribution in [0.1, 0.15) is 57.1 Å². The molecule has 1 aliphatic rings. The molecule has 1 aromatic carbocycles. The lowest BCUT2D eigenvalue weighted by Gasteiger charge is -2.20. The highest BCUT2D eigenvalue weighted by atomic mass is 19.1. The van der Waals surface area contributed by atoms with Gasteiger partial charge < -0.3 is 10.1 Å². The van der Waals surface area contributed by atoms with E-state index in [1.807, 2.05) is 12.1 Å². The van der Waals surface area contributed by atoms with Crippen LogP contribution in [0.25, 0.3) is 0 Å². The summed E-state index contributed by atoms with van der Waals surface area (Å²) in [6.07, 6.45) is 7.39. The maximum absolute atomic E-state index is 13.0. The van der Waals surface area contributed by atoms with Gasteiger partial charge in [0.05, 0.1) is 6.10 Å². The van der Waals surface area contributed by atoms with Crippen LogP contribution in [-0.4, -0.2) is 19.3 Å². The molecule has 0 aromatic heterocycles. The Morgan fingerprint density at radius 3 is 2.80 bits per heavy atom. The standard InChI is InChI=1S/C17H26FNO/c1-2-12-19-17(14-8-10-15(18)11-9-14)7-3-5-16-6-4-13-20-16/h8-11,16-17,19H,2-7,12-13H2,1H3. The normalized spacial score (nSPS) is 20.2. The van der Waals surface area contributed by atoms with Crippen LogP contribution in [0.4, 0.5) is 4.39 Å². The van der Waals surface area contributed by atoms with Crippen LogP contribution >= 0.6 is 0 Å². The van der Waals surface area contributed by atoms with Crippen molar-refractivity contribution in [2.45, 2.75) is 57.6 Å². The molecular formula is C17H26FNO. The Kier molecular flexibility index (Phi) is 6.48. The Morgan fingerprint density at radius 1 is 1.35 bits per heavy atom. The van der Waals surface area contributed by atoms with Crippen LogP contribution in [0.5, 0.6) is 0 Å². The summed E-state index contributed by atoms with van der Waals surface area (Å²) in [5, 5.41) is 3.57. The molecule has 20 heavy (non-hydrogen) atoms. The van der Waals surface area contributed by atoms with Crippen LogP contribution in [0.2, 0.25) is 0 Å². The number of halogens is 1. The van der Waals surface area contributed by atoms with Gasteiger partial charge in [0.1, 0.15) is 5.82 Å². The first kappa shape index (κ1) is 15.5. The number of hydrogen-bond acceptors (Lipinski definition) is 2. The van der Waals surface area contributed by atoms with Gasteiger partial charge >= 0.3 is 0 Å². The molecule has 1 aliphatic heterocycles. The van der Waals surface area contributed by atoms with Gasteiger partial charge in [-0.2, -0.15) is 0 Å². The second-order valence-electron chi connectivity index (χ2n) is 5.62. The van der Waals surface area contributed by atoms with E-state index < -0.39 is 0 Å². The second kappa shape index (κ2) is 8.38. The van der Waals surface area contributed by atoms with Gasteiger partial charge in [-0.05, 0) is 62.8 Å². The molecule has 1 N–H and O–H groups in total. The molecule has 0 radical (unpaired) electrons. The van der Waals surface area contributed by atoms with E-state index in [9.17, 15) is 4.39 Å². The molecule has 2 rings (SSSR count). The lowest BCUT2D eigenvalue weighted by Crippen LogP contribution is -2.22. The van der Waals surface area contributed by atoms with Crippen molar-refractivity contribution in [1.29, 1.82) is 0 Å². The third-order valence-corrected chi connectivity index (χ3v) is 3.96. The van der Waals surface area contributed by atoms with Crippen molar-refractivity contribution < 1.29 is 9.13 Å². The fourth-order valence-electron chi connectivity index (χ4n) is 2.82. The average molecular weight is 279 g/mol. The van der Waals surface area contributed by atoms with Gasteiger partial charge in [0, 0.05) is 12.6 Å². The third kappa shape index (κ3) is 4.88. The summed E-state index contributed by atoms with van der Waals surface area (Å²) < 4.78 is 18.7. The van der Waals surface area contributed by atoms with E-state index in [2.05, 4.69) is 12.2 Å². The van der Waals surface area contributed by atoms with E-state index >= 15 is 0 Å². The minimum absolute atomic E-state index is 0.164. The van der Waals surface area contributed by atoms with Crippen molar-refractivity contribution in [2.24, 2.45) is 0 Å². The molecule has 112 valence electrons. The molecule has 0 saturated carbocycles. The van der Waals surface area contributed by atoms with Crippen molar-refractivity contribution >= 4 is 0 Å². The van der Waals surface area contributed by atoms with Gasteiger partial charge in [-0.1, -0.05) is 19.1 Å². The number of ether oxygens (including phenoxy) is 1. The lowest BCUT2D eigenvalue weighted by atomic mass is 9.99.